The fourth-order valence-electron chi connectivity index (χ4n) is 8.15. The molecule has 1 amide bonds. The van der Waals surface area contributed by atoms with Crippen molar-refractivity contribution in [1.82, 2.24) is 19.4 Å². The summed E-state index contributed by atoms with van der Waals surface area (Å²) in [7, 11) is 0. The van der Waals surface area contributed by atoms with Gasteiger partial charge in [-0.3, -0.25) is 14.5 Å². The second-order valence-electron chi connectivity index (χ2n) is 12.5. The van der Waals surface area contributed by atoms with Gasteiger partial charge in [-0.2, -0.15) is 4.39 Å². The molecule has 2 saturated heterocycles. The Labute approximate surface area is 236 Å². The number of rotatable bonds is 8. The van der Waals surface area contributed by atoms with E-state index in [1.54, 1.807) is 13.0 Å². The Morgan fingerprint density at radius 1 is 1.08 bits per heavy atom. The number of imidazole rings is 1. The van der Waals surface area contributed by atoms with Crippen molar-refractivity contribution in [3.63, 3.8) is 0 Å². The number of hydrogen-bond acceptors (Lipinski definition) is 5. The number of fused-ring (bicyclic) bond motifs is 3. The molecular weight excluding hydrogens is 511 g/mol. The molecule has 39 heavy (non-hydrogen) atoms. The molecule has 2 aromatic heterocycles. The van der Waals surface area contributed by atoms with E-state index in [1.807, 2.05) is 11.0 Å². The number of ketones is 1. The third kappa shape index (κ3) is 5.61. The Bertz CT molecular complexity index is 1190. The van der Waals surface area contributed by atoms with Gasteiger partial charge < -0.3 is 9.47 Å². The lowest BCUT2D eigenvalue weighted by Crippen LogP contribution is -2.44. The van der Waals surface area contributed by atoms with E-state index in [9.17, 15) is 14.0 Å². The van der Waals surface area contributed by atoms with E-state index in [0.717, 1.165) is 68.0 Å². The average molecular weight is 555 g/mol. The number of aromatic nitrogens is 2. The molecule has 3 atom stereocenters. The van der Waals surface area contributed by atoms with Crippen LogP contribution in [-0.2, 0) is 22.6 Å². The molecule has 4 aliphatic rings. The van der Waals surface area contributed by atoms with Crippen LogP contribution in [-0.4, -0.2) is 56.2 Å². The fraction of sp³-hybridized carbons (Fsp3) is 0.710. The molecule has 0 aromatic carbocycles. The van der Waals surface area contributed by atoms with Gasteiger partial charge in [0.1, 0.15) is 11.6 Å². The van der Waals surface area contributed by atoms with Crippen molar-refractivity contribution in [2.24, 2.45) is 5.92 Å². The van der Waals surface area contributed by atoms with Crippen molar-refractivity contribution in [1.29, 1.82) is 0 Å². The molecule has 1 saturated carbocycles. The number of nitrogens with zero attached hydrogens (tertiary/aromatic N) is 4. The summed E-state index contributed by atoms with van der Waals surface area (Å²) in [4.78, 5) is 35.7. The molecule has 2 aromatic rings. The highest BCUT2D eigenvalue weighted by molar-refractivity contribution is 7.10. The molecule has 6 nitrogen and oxygen atoms in total. The number of halogens is 1. The Kier molecular flexibility index (Phi) is 7.95. The maximum absolute atomic E-state index is 14.0. The first-order valence-corrected chi connectivity index (χ1v) is 16.0. The van der Waals surface area contributed by atoms with Crippen LogP contribution in [0.15, 0.2) is 12.1 Å². The van der Waals surface area contributed by atoms with Crippen molar-refractivity contribution in [2.45, 2.75) is 121 Å². The van der Waals surface area contributed by atoms with Crippen LogP contribution in [0.5, 0.6) is 0 Å². The molecular formula is C31H43FN4O2S. The summed E-state index contributed by atoms with van der Waals surface area (Å²) < 4.78 is 16.5. The molecule has 2 bridgehead atoms. The zero-order valence-corrected chi connectivity index (χ0v) is 24.4. The first kappa shape index (κ1) is 27.1. The third-order valence-corrected chi connectivity index (χ3v) is 11.2. The predicted octanol–water partition coefficient (Wildman–Crippen LogP) is 6.18. The summed E-state index contributed by atoms with van der Waals surface area (Å²) in [5.41, 5.74) is 2.42. The Hall–Kier alpha value is -2.06. The van der Waals surface area contributed by atoms with Crippen LogP contribution in [0, 0.1) is 18.0 Å². The van der Waals surface area contributed by atoms with Crippen LogP contribution in [0.3, 0.4) is 0 Å². The highest BCUT2D eigenvalue weighted by Gasteiger charge is 2.42. The van der Waals surface area contributed by atoms with Crippen LogP contribution >= 0.6 is 11.3 Å². The first-order chi connectivity index (χ1) is 18.9. The number of Topliss-reactive ketones (excluding diaryl/α,β-unsaturated/α-hetero) is 1. The van der Waals surface area contributed by atoms with Gasteiger partial charge in [-0.15, -0.1) is 11.3 Å². The number of piperidine rings is 1. The average Bonchev–Trinajstić information content (AvgIpc) is 3.58. The van der Waals surface area contributed by atoms with E-state index in [1.165, 1.54) is 49.1 Å². The Morgan fingerprint density at radius 3 is 2.49 bits per heavy atom. The van der Waals surface area contributed by atoms with E-state index in [2.05, 4.69) is 16.4 Å². The zero-order chi connectivity index (χ0) is 27.1. The summed E-state index contributed by atoms with van der Waals surface area (Å²) in [5, 5.41) is -0.147. The van der Waals surface area contributed by atoms with Gasteiger partial charge in [0, 0.05) is 66.8 Å². The van der Waals surface area contributed by atoms with Gasteiger partial charge in [0.15, 0.2) is 5.13 Å². The van der Waals surface area contributed by atoms with Crippen molar-refractivity contribution in [2.75, 3.05) is 13.1 Å². The number of aryl methyl sites for hydroxylation is 1. The van der Waals surface area contributed by atoms with Crippen LogP contribution in [0.2, 0.25) is 0 Å². The standard InChI is InChI=1S/C31H43FN4O2S/c1-20-33-27-19-34(21(2)37)14-13-28(27)36(20)26-17-24-8-9-25(18-26)35(24)15-12-23(30-10-11-31(32)39-30)16-29(38)22-6-4-3-5-7-22/h10-11,22-26H,3-9,12-19H2,1-2H3/t23-,24?,25?,26?/m1/s1. The normalized spacial score (nSPS) is 26.5. The van der Waals surface area contributed by atoms with E-state index in [4.69, 9.17) is 4.98 Å². The van der Waals surface area contributed by atoms with Gasteiger partial charge in [-0.1, -0.05) is 19.3 Å². The lowest BCUT2D eigenvalue weighted by molar-refractivity contribution is -0.129. The molecule has 5 heterocycles. The molecule has 3 aliphatic heterocycles. The van der Waals surface area contributed by atoms with Crippen LogP contribution in [0.25, 0.3) is 0 Å². The minimum absolute atomic E-state index is 0.123. The van der Waals surface area contributed by atoms with Crippen LogP contribution in [0.1, 0.15) is 112 Å². The van der Waals surface area contributed by atoms with E-state index < -0.39 is 0 Å². The predicted molar refractivity (Wildman–Crippen MR) is 151 cm³/mol. The van der Waals surface area contributed by atoms with Gasteiger partial charge in [0.25, 0.3) is 0 Å². The summed E-state index contributed by atoms with van der Waals surface area (Å²) in [6, 6.07) is 5.06. The smallest absolute Gasteiger partial charge is 0.219 e. The molecule has 3 fully saturated rings. The molecule has 0 spiro atoms. The summed E-state index contributed by atoms with van der Waals surface area (Å²) in [6.45, 7) is 6.17. The molecule has 0 N–H and O–H groups in total. The molecule has 0 radical (unpaired) electrons. The minimum Gasteiger partial charge on any atom is -0.337 e. The van der Waals surface area contributed by atoms with Crippen molar-refractivity contribution < 1.29 is 14.0 Å². The largest absolute Gasteiger partial charge is 0.337 e. The van der Waals surface area contributed by atoms with E-state index in [0.29, 0.717) is 36.9 Å². The van der Waals surface area contributed by atoms with Gasteiger partial charge in [-0.05, 0) is 70.5 Å². The van der Waals surface area contributed by atoms with Crippen LogP contribution in [0.4, 0.5) is 4.39 Å². The maximum atomic E-state index is 14.0. The lowest BCUT2D eigenvalue weighted by Gasteiger charge is -2.41. The lowest BCUT2D eigenvalue weighted by atomic mass is 9.82. The number of amides is 1. The van der Waals surface area contributed by atoms with Crippen molar-refractivity contribution in [3.05, 3.63) is 39.4 Å². The summed E-state index contributed by atoms with van der Waals surface area (Å²) >= 11 is 1.23. The second-order valence-corrected chi connectivity index (χ2v) is 13.6. The highest BCUT2D eigenvalue weighted by atomic mass is 32.1. The highest BCUT2D eigenvalue weighted by Crippen LogP contribution is 2.43. The first-order valence-electron chi connectivity index (χ1n) is 15.2. The third-order valence-electron chi connectivity index (χ3n) is 10.1. The van der Waals surface area contributed by atoms with Crippen molar-refractivity contribution in [3.8, 4) is 0 Å². The molecule has 212 valence electrons. The zero-order valence-electron chi connectivity index (χ0n) is 23.5. The van der Waals surface area contributed by atoms with E-state index >= 15 is 0 Å². The maximum Gasteiger partial charge on any atom is 0.219 e. The van der Waals surface area contributed by atoms with E-state index in [-0.39, 0.29) is 22.9 Å². The summed E-state index contributed by atoms with van der Waals surface area (Å²) in [6.07, 6.45) is 12.8. The quantitative estimate of drug-likeness (QED) is 0.391. The second kappa shape index (κ2) is 11.4. The molecule has 8 heteroatoms. The number of thiophene rings is 1. The minimum atomic E-state index is -0.147. The Balaban J connectivity index is 1.12. The monoisotopic (exact) mass is 554 g/mol. The number of carbonyl (C=O) groups is 2. The SMILES string of the molecule is CC(=O)N1CCc2c(nc(C)n2C2CC3CCC(C2)N3CC[C@H](CC(=O)C2CCCCC2)c2ccc(F)s2)C1. The van der Waals surface area contributed by atoms with Gasteiger partial charge in [0.05, 0.1) is 12.2 Å². The fourth-order valence-corrected chi connectivity index (χ4v) is 9.01. The van der Waals surface area contributed by atoms with Gasteiger partial charge in [0.2, 0.25) is 5.91 Å². The number of hydrogen-bond donors (Lipinski definition) is 0. The number of carbonyl (C=O) groups excluding carboxylic acids is 2. The van der Waals surface area contributed by atoms with Gasteiger partial charge >= 0.3 is 0 Å². The molecule has 6 rings (SSSR count). The Morgan fingerprint density at radius 2 is 1.82 bits per heavy atom. The molecule has 2 unspecified atom stereocenters. The summed E-state index contributed by atoms with van der Waals surface area (Å²) in [5.74, 6) is 1.95. The topological polar surface area (TPSA) is 58.4 Å². The van der Waals surface area contributed by atoms with Crippen LogP contribution < -0.4 is 0 Å². The van der Waals surface area contributed by atoms with Gasteiger partial charge in [-0.25, -0.2) is 4.98 Å². The van der Waals surface area contributed by atoms with Crippen molar-refractivity contribution >= 4 is 23.0 Å². The molecule has 1 aliphatic carbocycles.